The van der Waals surface area contributed by atoms with E-state index in [2.05, 4.69) is 0 Å². The smallest absolute Gasteiger partial charge is 0.264 e. The standard InChI is InChI=1S/C17H17NO4/c1-18-14-7-13(9-19)8-15(17(14)22-11-16(18)20)21-10-12-5-3-2-4-6-12/h2-8,19H,9-11H2,1H3. The lowest BCUT2D eigenvalue weighted by Crippen LogP contribution is -2.35. The summed E-state index contributed by atoms with van der Waals surface area (Å²) < 4.78 is 11.4. The van der Waals surface area contributed by atoms with Crippen molar-refractivity contribution >= 4 is 11.6 Å². The molecular formula is C17H17NO4. The van der Waals surface area contributed by atoms with Crippen LogP contribution < -0.4 is 14.4 Å². The topological polar surface area (TPSA) is 59.0 Å². The van der Waals surface area contributed by atoms with Gasteiger partial charge in [0, 0.05) is 7.05 Å². The molecule has 22 heavy (non-hydrogen) atoms. The maximum absolute atomic E-state index is 11.7. The molecule has 0 aromatic heterocycles. The number of anilines is 1. The minimum Gasteiger partial charge on any atom is -0.485 e. The Morgan fingerprint density at radius 1 is 1.23 bits per heavy atom. The predicted molar refractivity (Wildman–Crippen MR) is 82.0 cm³/mol. The van der Waals surface area contributed by atoms with Crippen LogP contribution in [0.4, 0.5) is 5.69 Å². The van der Waals surface area contributed by atoms with Gasteiger partial charge in [-0.3, -0.25) is 4.79 Å². The molecule has 2 aromatic rings. The first kappa shape index (κ1) is 14.4. The molecule has 1 aliphatic heterocycles. The third kappa shape index (κ3) is 2.76. The summed E-state index contributed by atoms with van der Waals surface area (Å²) in [6.07, 6.45) is 0. The van der Waals surface area contributed by atoms with Crippen LogP contribution in [0.25, 0.3) is 0 Å². The second kappa shape index (κ2) is 6.07. The highest BCUT2D eigenvalue weighted by atomic mass is 16.5. The molecule has 5 heteroatoms. The third-order valence-electron chi connectivity index (χ3n) is 3.59. The number of benzene rings is 2. The molecule has 0 fully saturated rings. The summed E-state index contributed by atoms with van der Waals surface area (Å²) >= 11 is 0. The second-order valence-electron chi connectivity index (χ2n) is 5.12. The zero-order valence-corrected chi connectivity index (χ0v) is 12.3. The Hall–Kier alpha value is -2.53. The molecule has 5 nitrogen and oxygen atoms in total. The first-order chi connectivity index (χ1) is 10.7. The first-order valence-corrected chi connectivity index (χ1v) is 7.03. The zero-order chi connectivity index (χ0) is 15.5. The van der Waals surface area contributed by atoms with Crippen molar-refractivity contribution in [1.82, 2.24) is 0 Å². The van der Waals surface area contributed by atoms with E-state index in [9.17, 15) is 9.90 Å². The van der Waals surface area contributed by atoms with Crippen molar-refractivity contribution in [2.75, 3.05) is 18.6 Å². The molecule has 1 heterocycles. The number of aliphatic hydroxyl groups is 1. The van der Waals surface area contributed by atoms with Crippen LogP contribution in [0.15, 0.2) is 42.5 Å². The molecule has 0 saturated carbocycles. The van der Waals surface area contributed by atoms with Gasteiger partial charge in [-0.15, -0.1) is 0 Å². The van der Waals surface area contributed by atoms with E-state index < -0.39 is 0 Å². The molecule has 1 aliphatic rings. The Bertz CT molecular complexity index is 685. The van der Waals surface area contributed by atoms with E-state index in [0.717, 1.165) is 5.56 Å². The van der Waals surface area contributed by atoms with Crippen LogP contribution in [0.2, 0.25) is 0 Å². The lowest BCUT2D eigenvalue weighted by molar-refractivity contribution is -0.121. The predicted octanol–water partition coefficient (Wildman–Crippen LogP) is 2.11. The minimum atomic E-state index is -0.128. The van der Waals surface area contributed by atoms with E-state index >= 15 is 0 Å². The molecule has 1 amide bonds. The number of amides is 1. The Labute approximate surface area is 128 Å². The van der Waals surface area contributed by atoms with Gasteiger partial charge in [0.2, 0.25) is 0 Å². The lowest BCUT2D eigenvalue weighted by atomic mass is 10.1. The van der Waals surface area contributed by atoms with Crippen LogP contribution in [-0.4, -0.2) is 24.7 Å². The number of carbonyl (C=O) groups excluding carboxylic acids is 1. The molecule has 0 bridgehead atoms. The molecule has 1 N–H and O–H groups in total. The van der Waals surface area contributed by atoms with Crippen molar-refractivity contribution in [2.24, 2.45) is 0 Å². The quantitative estimate of drug-likeness (QED) is 0.939. The van der Waals surface area contributed by atoms with E-state index in [1.807, 2.05) is 30.3 Å². The average molecular weight is 299 g/mol. The number of aliphatic hydroxyl groups excluding tert-OH is 1. The highest BCUT2D eigenvalue weighted by molar-refractivity contribution is 5.98. The normalized spacial score (nSPS) is 13.5. The Balaban J connectivity index is 1.91. The molecule has 114 valence electrons. The van der Waals surface area contributed by atoms with Crippen molar-refractivity contribution in [3.63, 3.8) is 0 Å². The molecule has 0 spiro atoms. The fraction of sp³-hybridized carbons (Fsp3) is 0.235. The van der Waals surface area contributed by atoms with Gasteiger partial charge in [0.15, 0.2) is 18.1 Å². The van der Waals surface area contributed by atoms with E-state index in [-0.39, 0.29) is 19.1 Å². The fourth-order valence-corrected chi connectivity index (χ4v) is 2.34. The lowest BCUT2D eigenvalue weighted by Gasteiger charge is -2.28. The molecule has 0 saturated heterocycles. The Kier molecular flexibility index (Phi) is 3.98. The van der Waals surface area contributed by atoms with E-state index in [1.165, 1.54) is 4.90 Å². The fourth-order valence-electron chi connectivity index (χ4n) is 2.34. The molecule has 3 rings (SSSR count). The highest BCUT2D eigenvalue weighted by Crippen LogP contribution is 2.41. The number of rotatable bonds is 4. The summed E-state index contributed by atoms with van der Waals surface area (Å²) in [7, 11) is 1.69. The van der Waals surface area contributed by atoms with Crippen LogP contribution in [0, 0.1) is 0 Å². The van der Waals surface area contributed by atoms with Crippen molar-refractivity contribution in [3.8, 4) is 11.5 Å². The van der Waals surface area contributed by atoms with Gasteiger partial charge in [-0.25, -0.2) is 0 Å². The van der Waals surface area contributed by atoms with Gasteiger partial charge < -0.3 is 19.5 Å². The number of hydrogen-bond acceptors (Lipinski definition) is 4. The summed E-state index contributed by atoms with van der Waals surface area (Å²) in [4.78, 5) is 13.3. The number of carbonyl (C=O) groups is 1. The molecule has 0 aliphatic carbocycles. The van der Waals surface area contributed by atoms with Crippen molar-refractivity contribution in [2.45, 2.75) is 13.2 Å². The number of nitrogens with zero attached hydrogens (tertiary/aromatic N) is 1. The maximum atomic E-state index is 11.7. The van der Waals surface area contributed by atoms with Gasteiger partial charge in [0.1, 0.15) is 6.61 Å². The van der Waals surface area contributed by atoms with Crippen molar-refractivity contribution < 1.29 is 19.4 Å². The summed E-state index contributed by atoms with van der Waals surface area (Å²) in [5.41, 5.74) is 2.32. The largest absolute Gasteiger partial charge is 0.485 e. The third-order valence-corrected chi connectivity index (χ3v) is 3.59. The van der Waals surface area contributed by atoms with Gasteiger partial charge in [-0.05, 0) is 23.3 Å². The van der Waals surface area contributed by atoms with Crippen LogP contribution in [0.3, 0.4) is 0 Å². The van der Waals surface area contributed by atoms with E-state index in [0.29, 0.717) is 29.4 Å². The van der Waals surface area contributed by atoms with Gasteiger partial charge in [0.25, 0.3) is 5.91 Å². The summed E-state index contributed by atoms with van der Waals surface area (Å²) in [5, 5.41) is 9.40. The van der Waals surface area contributed by atoms with Crippen molar-refractivity contribution in [1.29, 1.82) is 0 Å². The number of hydrogen-bond donors (Lipinski definition) is 1. The first-order valence-electron chi connectivity index (χ1n) is 7.03. The molecule has 0 unspecified atom stereocenters. The summed E-state index contributed by atoms with van der Waals surface area (Å²) in [5.74, 6) is 0.941. The Morgan fingerprint density at radius 3 is 2.73 bits per heavy atom. The molecule has 0 radical (unpaired) electrons. The van der Waals surface area contributed by atoms with Gasteiger partial charge in [0.05, 0.1) is 12.3 Å². The monoisotopic (exact) mass is 299 g/mol. The zero-order valence-electron chi connectivity index (χ0n) is 12.3. The maximum Gasteiger partial charge on any atom is 0.264 e. The van der Waals surface area contributed by atoms with E-state index in [1.54, 1.807) is 19.2 Å². The van der Waals surface area contributed by atoms with Gasteiger partial charge >= 0.3 is 0 Å². The Morgan fingerprint density at radius 2 is 2.00 bits per heavy atom. The highest BCUT2D eigenvalue weighted by Gasteiger charge is 2.26. The van der Waals surface area contributed by atoms with Crippen LogP contribution in [-0.2, 0) is 18.0 Å². The number of likely N-dealkylation sites (N-methyl/N-ethyl adjacent to an activating group) is 1. The minimum absolute atomic E-state index is 0.0102. The van der Waals surface area contributed by atoms with Crippen molar-refractivity contribution in [3.05, 3.63) is 53.6 Å². The average Bonchev–Trinajstić information content (AvgIpc) is 2.57. The molecule has 0 atom stereocenters. The second-order valence-corrected chi connectivity index (χ2v) is 5.12. The van der Waals surface area contributed by atoms with Crippen LogP contribution >= 0.6 is 0 Å². The molecule has 2 aromatic carbocycles. The number of fused-ring (bicyclic) bond motifs is 1. The SMILES string of the molecule is CN1C(=O)COc2c(OCc3ccccc3)cc(CO)cc21. The van der Waals surface area contributed by atoms with E-state index in [4.69, 9.17) is 9.47 Å². The van der Waals surface area contributed by atoms with Crippen LogP contribution in [0.1, 0.15) is 11.1 Å². The van der Waals surface area contributed by atoms with Gasteiger partial charge in [-0.2, -0.15) is 0 Å². The molecular weight excluding hydrogens is 282 g/mol. The number of ether oxygens (including phenoxy) is 2. The summed E-state index contributed by atoms with van der Waals surface area (Å²) in [6, 6.07) is 13.3. The summed E-state index contributed by atoms with van der Waals surface area (Å²) in [6.45, 7) is 0.254. The van der Waals surface area contributed by atoms with Gasteiger partial charge in [-0.1, -0.05) is 30.3 Å². The van der Waals surface area contributed by atoms with Crippen LogP contribution in [0.5, 0.6) is 11.5 Å².